The molecule has 14 heteroatoms. The van der Waals surface area contributed by atoms with Crippen LogP contribution in [0, 0.1) is 19.3 Å². The number of nitrogens with zero attached hydrogens (tertiary/aromatic N) is 2. The van der Waals surface area contributed by atoms with E-state index in [4.69, 9.17) is 8.92 Å². The zero-order valence-electron chi connectivity index (χ0n) is 33.0. The molecular formula is C41H58N4O8S2. The first-order valence-corrected chi connectivity index (χ1v) is 21.5. The van der Waals surface area contributed by atoms with Gasteiger partial charge in [-0.15, -0.1) is 11.3 Å². The molecule has 1 aliphatic rings. The van der Waals surface area contributed by atoms with Crippen LogP contribution in [0.4, 0.5) is 0 Å². The van der Waals surface area contributed by atoms with Gasteiger partial charge in [0.25, 0.3) is 10.1 Å². The van der Waals surface area contributed by atoms with Crippen molar-refractivity contribution in [2.24, 2.45) is 5.41 Å². The number of aliphatic hydroxyl groups is 1. The van der Waals surface area contributed by atoms with Gasteiger partial charge in [-0.25, -0.2) is 4.98 Å². The average molecular weight is 799 g/mol. The van der Waals surface area contributed by atoms with Gasteiger partial charge >= 0.3 is 0 Å². The number of unbranched alkanes of at least 4 members (excludes halogenated alkanes) is 6. The number of carbonyl (C=O) groups excluding carboxylic acids is 3. The molecule has 2 aromatic carbocycles. The van der Waals surface area contributed by atoms with Gasteiger partial charge < -0.3 is 25.4 Å². The van der Waals surface area contributed by atoms with Crippen LogP contribution in [-0.2, 0) is 33.4 Å². The number of thiazole rings is 1. The number of hydrogen-bond donors (Lipinski definition) is 3. The van der Waals surface area contributed by atoms with Crippen LogP contribution in [0.2, 0.25) is 0 Å². The molecule has 1 saturated heterocycles. The minimum atomic E-state index is -3.73. The van der Waals surface area contributed by atoms with Crippen molar-refractivity contribution in [3.05, 3.63) is 70.9 Å². The number of β-amino-alcohol motifs (C(OH)–C–C–N with tert-alkyl or cyclic N) is 1. The molecule has 1 aromatic heterocycles. The molecule has 12 nitrogen and oxygen atoms in total. The SMILES string of the molecule is Cc1ccc(S(=O)(=O)OCCCCCCCCCOCC(=O)NC(C(=O)N2C[C@H](O)C[C@H]2C(=O)NC(C)c2ccc(-c3scnc3C)cc2)C(C)(C)C)cc1. The van der Waals surface area contributed by atoms with Crippen molar-refractivity contribution >= 4 is 39.2 Å². The van der Waals surface area contributed by atoms with E-state index in [1.807, 2.05) is 71.3 Å². The number of rotatable bonds is 20. The summed E-state index contributed by atoms with van der Waals surface area (Å²) in [7, 11) is -3.73. The second kappa shape index (κ2) is 20.5. The molecule has 4 rings (SSSR count). The van der Waals surface area contributed by atoms with Crippen LogP contribution in [-0.4, -0.2) is 85.7 Å². The van der Waals surface area contributed by atoms with Gasteiger partial charge in [0.1, 0.15) is 18.7 Å². The molecule has 0 bridgehead atoms. The summed E-state index contributed by atoms with van der Waals surface area (Å²) in [5.74, 6) is -1.21. The Morgan fingerprint density at radius 2 is 1.55 bits per heavy atom. The summed E-state index contributed by atoms with van der Waals surface area (Å²) >= 11 is 1.58. The quantitative estimate of drug-likeness (QED) is 0.0886. The molecule has 4 atom stereocenters. The van der Waals surface area contributed by atoms with Crippen LogP contribution in [0.3, 0.4) is 0 Å². The highest BCUT2D eigenvalue weighted by Gasteiger charge is 2.44. The van der Waals surface area contributed by atoms with Gasteiger partial charge in [-0.2, -0.15) is 8.42 Å². The van der Waals surface area contributed by atoms with Crippen LogP contribution < -0.4 is 10.6 Å². The fraction of sp³-hybridized carbons (Fsp3) is 0.561. The van der Waals surface area contributed by atoms with Gasteiger partial charge in [-0.1, -0.05) is 94.8 Å². The van der Waals surface area contributed by atoms with Crippen LogP contribution in [0.25, 0.3) is 10.4 Å². The Morgan fingerprint density at radius 1 is 0.927 bits per heavy atom. The monoisotopic (exact) mass is 798 g/mol. The van der Waals surface area contributed by atoms with E-state index in [0.29, 0.717) is 13.0 Å². The topological polar surface area (TPSA) is 164 Å². The molecule has 1 fully saturated rings. The van der Waals surface area contributed by atoms with Gasteiger partial charge in [0.05, 0.1) is 39.7 Å². The van der Waals surface area contributed by atoms with E-state index in [2.05, 4.69) is 15.6 Å². The molecular weight excluding hydrogens is 741 g/mol. The number of amides is 3. The predicted octanol–water partition coefficient (Wildman–Crippen LogP) is 6.25. The number of benzene rings is 2. The van der Waals surface area contributed by atoms with Crippen LogP contribution in [0.1, 0.15) is 102 Å². The van der Waals surface area contributed by atoms with Gasteiger partial charge in [0.2, 0.25) is 17.7 Å². The first-order chi connectivity index (χ1) is 26.1. The number of aliphatic hydroxyl groups excluding tert-OH is 1. The molecule has 0 spiro atoms. The highest BCUT2D eigenvalue weighted by molar-refractivity contribution is 7.86. The second-order valence-corrected chi connectivity index (χ2v) is 18.0. The van der Waals surface area contributed by atoms with E-state index >= 15 is 0 Å². The zero-order chi connectivity index (χ0) is 40.2. The summed E-state index contributed by atoms with van der Waals surface area (Å²) in [6, 6.07) is 12.4. The molecule has 3 N–H and O–H groups in total. The van der Waals surface area contributed by atoms with E-state index in [1.54, 1.807) is 35.6 Å². The molecule has 0 aliphatic carbocycles. The van der Waals surface area contributed by atoms with Crippen molar-refractivity contribution < 1.29 is 36.8 Å². The first-order valence-electron chi connectivity index (χ1n) is 19.2. The minimum Gasteiger partial charge on any atom is -0.391 e. The van der Waals surface area contributed by atoms with Crippen LogP contribution in [0.5, 0.6) is 0 Å². The number of ether oxygens (including phenoxy) is 1. The van der Waals surface area contributed by atoms with Gasteiger partial charge in [-0.05, 0) is 62.3 Å². The number of hydrogen-bond acceptors (Lipinski definition) is 10. The third kappa shape index (κ3) is 13.2. The largest absolute Gasteiger partial charge is 0.391 e. The number of carbonyl (C=O) groups is 3. The standard InChI is InChI=1S/C41H58N4O8S2/c1-28-14-20-34(21-15-28)55(50,51)53-23-13-11-9-7-8-10-12-22-52-26-36(47)44-38(41(4,5)6)40(49)45-25-33(46)24-35(45)39(48)43-29(2)31-16-18-32(19-17-31)37-30(3)42-27-54-37/h14-21,27,29,33,35,38,46H,7-13,22-26H2,1-6H3,(H,43,48)(H,44,47)/t29?,33-,35+,38?/m1/s1. The summed E-state index contributed by atoms with van der Waals surface area (Å²) in [6.07, 6.45) is 5.46. The molecule has 3 aromatic rings. The Kier molecular flexibility index (Phi) is 16.4. The van der Waals surface area contributed by atoms with Crippen molar-refractivity contribution in [3.8, 4) is 10.4 Å². The van der Waals surface area contributed by atoms with E-state index in [-0.39, 0.29) is 43.0 Å². The Bertz CT molecular complexity index is 1810. The number of likely N-dealkylation sites (tertiary alicyclic amines) is 1. The van der Waals surface area contributed by atoms with E-state index < -0.39 is 45.5 Å². The first kappa shape index (κ1) is 44.0. The maximum absolute atomic E-state index is 13.9. The predicted molar refractivity (Wildman–Crippen MR) is 214 cm³/mol. The van der Waals surface area contributed by atoms with Crippen LogP contribution in [0.15, 0.2) is 58.9 Å². The summed E-state index contributed by atoms with van der Waals surface area (Å²) < 4.78 is 35.3. The molecule has 2 heterocycles. The fourth-order valence-electron chi connectivity index (χ4n) is 6.51. The maximum Gasteiger partial charge on any atom is 0.296 e. The fourth-order valence-corrected chi connectivity index (χ4v) is 8.27. The summed E-state index contributed by atoms with van der Waals surface area (Å²) in [5.41, 5.74) is 5.05. The van der Waals surface area contributed by atoms with Crippen molar-refractivity contribution in [2.75, 3.05) is 26.4 Å². The number of aryl methyl sites for hydroxylation is 2. The normalized spacial score (nSPS) is 17.2. The zero-order valence-corrected chi connectivity index (χ0v) is 34.6. The molecule has 3 amide bonds. The van der Waals surface area contributed by atoms with E-state index in [0.717, 1.165) is 65.8 Å². The summed E-state index contributed by atoms with van der Waals surface area (Å²) in [6.45, 7) is 11.6. The van der Waals surface area contributed by atoms with Crippen LogP contribution >= 0.6 is 11.3 Å². The lowest BCUT2D eigenvalue weighted by Crippen LogP contribution is -2.58. The number of aromatic nitrogens is 1. The lowest BCUT2D eigenvalue weighted by molar-refractivity contribution is -0.144. The molecule has 302 valence electrons. The molecule has 55 heavy (non-hydrogen) atoms. The molecule has 0 radical (unpaired) electrons. The third-order valence-corrected chi connectivity index (χ3v) is 12.1. The Balaban J connectivity index is 1.15. The second-order valence-electron chi connectivity index (χ2n) is 15.5. The number of nitrogens with one attached hydrogen (secondary N) is 2. The van der Waals surface area contributed by atoms with Gasteiger partial charge in [0.15, 0.2) is 0 Å². The molecule has 0 saturated carbocycles. The van der Waals surface area contributed by atoms with Gasteiger partial charge in [0, 0.05) is 19.6 Å². The highest BCUT2D eigenvalue weighted by Crippen LogP contribution is 2.29. The van der Waals surface area contributed by atoms with Gasteiger partial charge in [-0.3, -0.25) is 18.6 Å². The van der Waals surface area contributed by atoms with Crippen molar-refractivity contribution in [1.82, 2.24) is 20.5 Å². The Labute approximate surface area is 330 Å². The average Bonchev–Trinajstić information content (AvgIpc) is 3.75. The maximum atomic E-state index is 13.9. The van der Waals surface area contributed by atoms with E-state index in [9.17, 15) is 27.9 Å². The summed E-state index contributed by atoms with van der Waals surface area (Å²) in [4.78, 5) is 47.4. The van der Waals surface area contributed by atoms with Crippen molar-refractivity contribution in [1.29, 1.82) is 0 Å². The van der Waals surface area contributed by atoms with Crippen molar-refractivity contribution in [2.45, 2.75) is 122 Å². The third-order valence-electron chi connectivity index (χ3n) is 9.77. The minimum absolute atomic E-state index is 0.00312. The molecule has 2 unspecified atom stereocenters. The molecule has 1 aliphatic heterocycles. The lowest BCUT2D eigenvalue weighted by Gasteiger charge is -2.35. The summed E-state index contributed by atoms with van der Waals surface area (Å²) in [5, 5.41) is 16.4. The lowest BCUT2D eigenvalue weighted by atomic mass is 9.85. The Hall–Kier alpha value is -3.69. The Morgan fingerprint density at radius 3 is 2.15 bits per heavy atom. The highest BCUT2D eigenvalue weighted by atomic mass is 32.2. The van der Waals surface area contributed by atoms with Crippen molar-refractivity contribution in [3.63, 3.8) is 0 Å². The van der Waals surface area contributed by atoms with E-state index in [1.165, 1.54) is 4.90 Å². The smallest absolute Gasteiger partial charge is 0.296 e.